The van der Waals surface area contributed by atoms with Crippen LogP contribution in [0.5, 0.6) is 0 Å². The molecule has 4 heteroatoms. The van der Waals surface area contributed by atoms with E-state index in [0.717, 1.165) is 0 Å². The fraction of sp³-hybridized carbons (Fsp3) is 0.143. The quantitative estimate of drug-likeness (QED) is 0.596. The van der Waals surface area contributed by atoms with Crippen molar-refractivity contribution in [3.05, 3.63) is 30.3 Å². The Morgan fingerprint density at radius 2 is 2.00 bits per heavy atom. The molecule has 0 saturated carbocycles. The highest BCUT2D eigenvalue weighted by Gasteiger charge is 2.28. The zero-order valence-electron chi connectivity index (χ0n) is 6.35. The summed E-state index contributed by atoms with van der Waals surface area (Å²) in [5, 5.41) is 0. The Morgan fingerprint density at radius 1 is 1.27 bits per heavy atom. The summed E-state index contributed by atoms with van der Waals surface area (Å²) in [6.07, 6.45) is 0. The molecule has 11 heavy (non-hydrogen) atoms. The van der Waals surface area contributed by atoms with Gasteiger partial charge >= 0.3 is 5.51 Å². The summed E-state index contributed by atoms with van der Waals surface area (Å²) in [6.45, 7) is 0. The van der Waals surface area contributed by atoms with Gasteiger partial charge in [0, 0.05) is 4.90 Å². The second kappa shape index (κ2) is 3.17. The normalized spacial score (nSPS) is 12.8. The van der Waals surface area contributed by atoms with E-state index in [1.807, 2.05) is 0 Å². The first-order chi connectivity index (χ1) is 5.47. The Balaban J connectivity index is 2.77. The van der Waals surface area contributed by atoms with E-state index in [1.165, 1.54) is 24.3 Å². The second-order valence-corrected chi connectivity index (χ2v) is 2.93. The highest BCUT2D eigenvalue weighted by Crippen LogP contribution is 2.36. The van der Waals surface area contributed by atoms with Crippen LogP contribution in [-0.4, -0.2) is 5.51 Å². The van der Waals surface area contributed by atoms with E-state index in [-0.39, 0.29) is 22.7 Å². The summed E-state index contributed by atoms with van der Waals surface area (Å²) >= 11 is -0.205. The van der Waals surface area contributed by atoms with Crippen LogP contribution >= 0.6 is 11.8 Å². The molecule has 0 bridgehead atoms. The van der Waals surface area contributed by atoms with Crippen molar-refractivity contribution in [2.24, 2.45) is 0 Å². The van der Waals surface area contributed by atoms with E-state index >= 15 is 0 Å². The molecule has 0 N–H and O–H groups in total. The fourth-order valence-electron chi connectivity index (χ4n) is 0.574. The van der Waals surface area contributed by atoms with E-state index in [9.17, 15) is 13.2 Å². The maximum atomic E-state index is 11.8. The third-order valence-corrected chi connectivity index (χ3v) is 1.63. The average Bonchev–Trinajstić information content (AvgIpc) is 1.82. The first kappa shape index (κ1) is 7.03. The van der Waals surface area contributed by atoms with Gasteiger partial charge in [0.05, 0.1) is 1.37 Å². The van der Waals surface area contributed by atoms with Crippen LogP contribution in [-0.2, 0) is 0 Å². The number of hydrogen-bond acceptors (Lipinski definition) is 1. The zero-order valence-corrected chi connectivity index (χ0v) is 6.17. The van der Waals surface area contributed by atoms with E-state index < -0.39 is 5.51 Å². The summed E-state index contributed by atoms with van der Waals surface area (Å²) in [4.78, 5) is 0.0509. The molecule has 0 aromatic heterocycles. The maximum absolute atomic E-state index is 11.8. The van der Waals surface area contributed by atoms with Gasteiger partial charge in [-0.15, -0.1) is 0 Å². The van der Waals surface area contributed by atoms with Crippen molar-refractivity contribution in [2.75, 3.05) is 0 Å². The number of rotatable bonds is 1. The minimum absolute atomic E-state index is 0.0509. The molecular formula is C7H5F3S. The molecule has 1 aromatic carbocycles. The minimum Gasteiger partial charge on any atom is -0.160 e. The van der Waals surface area contributed by atoms with E-state index in [0.29, 0.717) is 0 Å². The van der Waals surface area contributed by atoms with Crippen LogP contribution in [0.25, 0.3) is 0 Å². The molecule has 1 aromatic rings. The molecule has 0 nitrogen and oxygen atoms in total. The SMILES string of the molecule is [2H]c1cccc(SC(F)(F)F)c1. The van der Waals surface area contributed by atoms with Gasteiger partial charge in [0.15, 0.2) is 0 Å². The molecule has 0 aliphatic rings. The lowest BCUT2D eigenvalue weighted by molar-refractivity contribution is -0.0328. The summed E-state index contributed by atoms with van der Waals surface area (Å²) in [7, 11) is 0. The van der Waals surface area contributed by atoms with E-state index in [2.05, 4.69) is 0 Å². The Morgan fingerprint density at radius 3 is 2.55 bits per heavy atom. The Bertz CT molecular complexity index is 272. The molecule has 0 radical (unpaired) electrons. The monoisotopic (exact) mass is 179 g/mol. The van der Waals surface area contributed by atoms with Gasteiger partial charge in [-0.2, -0.15) is 13.2 Å². The first-order valence-corrected chi connectivity index (χ1v) is 3.61. The highest BCUT2D eigenvalue weighted by molar-refractivity contribution is 8.00. The van der Waals surface area contributed by atoms with Crippen LogP contribution in [0.15, 0.2) is 35.2 Å². The minimum atomic E-state index is -4.27. The molecule has 0 unspecified atom stereocenters. The molecule has 0 atom stereocenters. The lowest BCUT2D eigenvalue weighted by Gasteiger charge is -2.03. The van der Waals surface area contributed by atoms with Gasteiger partial charge < -0.3 is 0 Å². The fourth-order valence-corrected chi connectivity index (χ4v) is 1.11. The molecule has 0 heterocycles. The van der Waals surface area contributed by atoms with Gasteiger partial charge in [-0.1, -0.05) is 18.2 Å². The molecule has 0 aliphatic carbocycles. The summed E-state index contributed by atoms with van der Waals surface area (Å²) < 4.78 is 42.4. The summed E-state index contributed by atoms with van der Waals surface area (Å²) in [6, 6.07) is 5.45. The van der Waals surface area contributed by atoms with Crippen LogP contribution in [0.3, 0.4) is 0 Å². The molecule has 0 amide bonds. The van der Waals surface area contributed by atoms with E-state index in [4.69, 9.17) is 1.37 Å². The molecule has 0 fully saturated rings. The third kappa shape index (κ3) is 3.32. The molecule has 1 rings (SSSR count). The largest absolute Gasteiger partial charge is 0.446 e. The summed E-state index contributed by atoms with van der Waals surface area (Å²) in [5.41, 5.74) is -4.27. The topological polar surface area (TPSA) is 0 Å². The van der Waals surface area contributed by atoms with Crippen molar-refractivity contribution in [1.82, 2.24) is 0 Å². The van der Waals surface area contributed by atoms with Gasteiger partial charge in [0.1, 0.15) is 0 Å². The highest BCUT2D eigenvalue weighted by atomic mass is 32.2. The van der Waals surface area contributed by atoms with Crippen molar-refractivity contribution in [3.63, 3.8) is 0 Å². The second-order valence-electron chi connectivity index (χ2n) is 1.79. The third-order valence-electron chi connectivity index (χ3n) is 0.912. The van der Waals surface area contributed by atoms with Crippen molar-refractivity contribution in [2.45, 2.75) is 10.4 Å². The molecule has 0 spiro atoms. The van der Waals surface area contributed by atoms with Crippen molar-refractivity contribution < 1.29 is 14.5 Å². The Kier molecular flexibility index (Phi) is 2.03. The van der Waals surface area contributed by atoms with Gasteiger partial charge in [-0.3, -0.25) is 0 Å². The standard InChI is InChI=1S/C7H5F3S/c8-7(9,10)11-6-4-2-1-3-5-6/h1-5H/i2D. The Labute approximate surface area is 67.8 Å². The van der Waals surface area contributed by atoms with Gasteiger partial charge in [-0.05, 0) is 23.9 Å². The number of alkyl halides is 3. The maximum Gasteiger partial charge on any atom is 0.446 e. The van der Waals surface area contributed by atoms with Gasteiger partial charge in [0.25, 0.3) is 0 Å². The van der Waals surface area contributed by atoms with Crippen molar-refractivity contribution in [3.8, 4) is 0 Å². The van der Waals surface area contributed by atoms with Gasteiger partial charge in [0.2, 0.25) is 0 Å². The number of thioether (sulfide) groups is 1. The smallest absolute Gasteiger partial charge is 0.160 e. The van der Waals surface area contributed by atoms with Crippen LogP contribution < -0.4 is 0 Å². The number of halogens is 3. The van der Waals surface area contributed by atoms with Crippen LogP contribution in [0.1, 0.15) is 1.37 Å². The Hall–Kier alpha value is -0.640. The van der Waals surface area contributed by atoms with Crippen LogP contribution in [0.4, 0.5) is 13.2 Å². The average molecular weight is 179 g/mol. The van der Waals surface area contributed by atoms with Crippen LogP contribution in [0, 0.1) is 0 Å². The predicted octanol–water partition coefficient (Wildman–Crippen LogP) is 3.30. The van der Waals surface area contributed by atoms with Crippen LogP contribution in [0.2, 0.25) is 0 Å². The van der Waals surface area contributed by atoms with Gasteiger partial charge in [-0.25, -0.2) is 0 Å². The number of hydrogen-bond donors (Lipinski definition) is 0. The molecule has 0 saturated heterocycles. The van der Waals surface area contributed by atoms with Crippen molar-refractivity contribution in [1.29, 1.82) is 0 Å². The van der Waals surface area contributed by atoms with E-state index in [1.54, 1.807) is 0 Å². The van der Waals surface area contributed by atoms with Crippen molar-refractivity contribution >= 4 is 11.8 Å². The first-order valence-electron chi connectivity index (χ1n) is 3.30. The summed E-state index contributed by atoms with van der Waals surface area (Å²) in [5.74, 6) is 0. The molecule has 60 valence electrons. The molecule has 0 aliphatic heterocycles. The number of benzene rings is 1. The zero-order chi connectivity index (χ0) is 9.19. The predicted molar refractivity (Wildman–Crippen MR) is 38.4 cm³/mol. The lowest BCUT2D eigenvalue weighted by atomic mass is 10.4. The lowest BCUT2D eigenvalue weighted by Crippen LogP contribution is -1.98. The molecular weight excluding hydrogens is 173 g/mol.